The maximum Gasteiger partial charge on any atom is 0.496 e. The molecule has 1 N–H and O–H groups in total. The molecule has 116 valence electrons. The predicted octanol–water partition coefficient (Wildman–Crippen LogP) is 2.40. The fraction of sp³-hybridized carbons (Fsp3) is 0.600. The first kappa shape index (κ1) is 16.6. The van der Waals surface area contributed by atoms with Gasteiger partial charge in [0.05, 0.1) is 17.8 Å². The zero-order valence-electron chi connectivity index (χ0n) is 13.0. The second-order valence-corrected chi connectivity index (χ2v) is 6.60. The van der Waals surface area contributed by atoms with Crippen LogP contribution in [0.25, 0.3) is 0 Å². The van der Waals surface area contributed by atoms with Gasteiger partial charge in [0.25, 0.3) is 0 Å². The molecule has 1 aliphatic rings. The van der Waals surface area contributed by atoms with Crippen LogP contribution in [0.3, 0.4) is 0 Å². The lowest BCUT2D eigenvalue weighted by atomic mass is 9.79. The van der Waals surface area contributed by atoms with Gasteiger partial charge in [0, 0.05) is 23.5 Å². The van der Waals surface area contributed by atoms with Crippen molar-refractivity contribution in [2.45, 2.75) is 45.3 Å². The van der Waals surface area contributed by atoms with E-state index in [9.17, 15) is 0 Å². The summed E-state index contributed by atoms with van der Waals surface area (Å²) in [4.78, 5) is 0. The normalized spacial score (nSPS) is 19.8. The van der Waals surface area contributed by atoms with Gasteiger partial charge in [-0.15, -0.1) is 0 Å². The Morgan fingerprint density at radius 2 is 1.81 bits per heavy atom. The maximum atomic E-state index is 8.79. The number of hydrogen-bond donors (Lipinski definition) is 1. The molecule has 4 nitrogen and oxygen atoms in total. The Kier molecular flexibility index (Phi) is 4.88. The van der Waals surface area contributed by atoms with E-state index in [0.29, 0.717) is 23.8 Å². The Bertz CT molecular complexity index is 488. The zero-order chi connectivity index (χ0) is 15.7. The first-order valence-corrected chi connectivity index (χ1v) is 7.53. The Morgan fingerprint density at radius 1 is 1.19 bits per heavy atom. The lowest BCUT2D eigenvalue weighted by molar-refractivity contribution is 0.00578. The SMILES string of the molecule is CC1(C)OB(c2cc(OCCCO)ccc2Cl)OC1(C)C. The molecule has 1 aliphatic heterocycles. The topological polar surface area (TPSA) is 47.9 Å². The molecular formula is C15H22BClO4. The Hall–Kier alpha value is -0.745. The first-order valence-electron chi connectivity index (χ1n) is 7.15. The van der Waals surface area contributed by atoms with Crippen molar-refractivity contribution in [2.24, 2.45) is 0 Å². The molecule has 21 heavy (non-hydrogen) atoms. The fourth-order valence-corrected chi connectivity index (χ4v) is 2.22. The summed E-state index contributed by atoms with van der Waals surface area (Å²) in [6.07, 6.45) is 0.592. The van der Waals surface area contributed by atoms with E-state index < -0.39 is 18.3 Å². The van der Waals surface area contributed by atoms with E-state index >= 15 is 0 Å². The molecule has 0 unspecified atom stereocenters. The highest BCUT2D eigenvalue weighted by Crippen LogP contribution is 2.37. The summed E-state index contributed by atoms with van der Waals surface area (Å²) >= 11 is 6.27. The smallest absolute Gasteiger partial charge is 0.494 e. The van der Waals surface area contributed by atoms with Gasteiger partial charge in [-0.3, -0.25) is 0 Å². The van der Waals surface area contributed by atoms with Crippen molar-refractivity contribution in [3.8, 4) is 5.75 Å². The molecule has 0 bridgehead atoms. The molecule has 2 rings (SSSR count). The number of halogens is 1. The monoisotopic (exact) mass is 312 g/mol. The number of aliphatic hydroxyl groups is 1. The van der Waals surface area contributed by atoms with Crippen LogP contribution < -0.4 is 10.2 Å². The minimum atomic E-state index is -0.510. The van der Waals surface area contributed by atoms with Gasteiger partial charge in [0.15, 0.2) is 0 Å². The van der Waals surface area contributed by atoms with E-state index in [2.05, 4.69) is 0 Å². The second kappa shape index (κ2) is 6.17. The molecule has 1 heterocycles. The van der Waals surface area contributed by atoms with Crippen LogP contribution in [0.5, 0.6) is 5.75 Å². The van der Waals surface area contributed by atoms with Gasteiger partial charge in [-0.25, -0.2) is 0 Å². The molecule has 1 saturated heterocycles. The van der Waals surface area contributed by atoms with E-state index in [0.717, 1.165) is 5.46 Å². The summed E-state index contributed by atoms with van der Waals surface area (Å²) in [6, 6.07) is 5.41. The third-order valence-electron chi connectivity index (χ3n) is 4.05. The molecule has 6 heteroatoms. The standard InChI is InChI=1S/C15H22BClO4/c1-14(2)15(3,4)21-16(20-14)12-10-11(6-7-13(12)17)19-9-5-8-18/h6-7,10,18H,5,8-9H2,1-4H3. The lowest BCUT2D eigenvalue weighted by Crippen LogP contribution is -2.41. The maximum absolute atomic E-state index is 8.79. The summed E-state index contributed by atoms with van der Waals surface area (Å²) in [5.41, 5.74) is -0.0550. The van der Waals surface area contributed by atoms with Crippen molar-refractivity contribution in [3.63, 3.8) is 0 Å². The molecule has 0 saturated carbocycles. The average Bonchev–Trinajstić information content (AvgIpc) is 2.60. The average molecular weight is 313 g/mol. The van der Waals surface area contributed by atoms with E-state index in [1.165, 1.54) is 0 Å². The highest BCUT2D eigenvalue weighted by molar-refractivity contribution is 6.65. The van der Waals surface area contributed by atoms with Crippen LogP contribution in [0.4, 0.5) is 0 Å². The van der Waals surface area contributed by atoms with Gasteiger partial charge >= 0.3 is 7.12 Å². The summed E-state index contributed by atoms with van der Waals surface area (Å²) in [5.74, 6) is 0.692. The molecule has 0 aromatic heterocycles. The first-order chi connectivity index (χ1) is 9.77. The minimum Gasteiger partial charge on any atom is -0.494 e. The molecule has 0 radical (unpaired) electrons. The van der Waals surface area contributed by atoms with E-state index in [-0.39, 0.29) is 6.61 Å². The second-order valence-electron chi connectivity index (χ2n) is 6.20. The van der Waals surface area contributed by atoms with Crippen LogP contribution in [0.1, 0.15) is 34.1 Å². The van der Waals surface area contributed by atoms with Crippen molar-refractivity contribution in [3.05, 3.63) is 23.2 Å². The molecular weight excluding hydrogens is 290 g/mol. The predicted molar refractivity (Wildman–Crippen MR) is 84.4 cm³/mol. The summed E-state index contributed by atoms with van der Waals surface area (Å²) in [7, 11) is -0.510. The Labute approximate surface area is 131 Å². The zero-order valence-corrected chi connectivity index (χ0v) is 13.7. The van der Waals surface area contributed by atoms with Gasteiger partial charge in [0.2, 0.25) is 0 Å². The summed E-state index contributed by atoms with van der Waals surface area (Å²) in [5, 5.41) is 9.38. The van der Waals surface area contributed by atoms with Crippen molar-refractivity contribution in [1.29, 1.82) is 0 Å². The molecule has 1 aromatic carbocycles. The van der Waals surface area contributed by atoms with Gasteiger partial charge in [0.1, 0.15) is 5.75 Å². The number of benzene rings is 1. The number of ether oxygens (including phenoxy) is 1. The third-order valence-corrected chi connectivity index (χ3v) is 4.39. The van der Waals surface area contributed by atoms with Gasteiger partial charge in [-0.1, -0.05) is 11.6 Å². The molecule has 0 aliphatic carbocycles. The quantitative estimate of drug-likeness (QED) is 0.670. The molecule has 0 spiro atoms. The van der Waals surface area contributed by atoms with Crippen molar-refractivity contribution >= 4 is 24.2 Å². The van der Waals surface area contributed by atoms with Gasteiger partial charge in [-0.2, -0.15) is 0 Å². The molecule has 1 fully saturated rings. The molecule has 0 atom stereocenters. The van der Waals surface area contributed by atoms with E-state index in [1.807, 2.05) is 33.8 Å². The van der Waals surface area contributed by atoms with Crippen LogP contribution in [0.2, 0.25) is 5.02 Å². The summed E-state index contributed by atoms with van der Waals surface area (Å²) in [6.45, 7) is 8.58. The van der Waals surface area contributed by atoms with Crippen molar-refractivity contribution in [1.82, 2.24) is 0 Å². The fourth-order valence-electron chi connectivity index (χ4n) is 2.02. The lowest BCUT2D eigenvalue weighted by Gasteiger charge is -2.32. The Morgan fingerprint density at radius 3 is 2.38 bits per heavy atom. The Balaban J connectivity index is 2.18. The van der Waals surface area contributed by atoms with Crippen LogP contribution in [0.15, 0.2) is 18.2 Å². The van der Waals surface area contributed by atoms with Crippen molar-refractivity contribution in [2.75, 3.05) is 13.2 Å². The number of aliphatic hydroxyl groups excluding tert-OH is 1. The highest BCUT2D eigenvalue weighted by Gasteiger charge is 2.52. The van der Waals surface area contributed by atoms with Gasteiger partial charge in [-0.05, 0) is 45.9 Å². The van der Waals surface area contributed by atoms with Crippen LogP contribution in [-0.4, -0.2) is 36.6 Å². The van der Waals surface area contributed by atoms with Gasteiger partial charge < -0.3 is 19.2 Å². The highest BCUT2D eigenvalue weighted by atomic mass is 35.5. The van der Waals surface area contributed by atoms with E-state index in [4.69, 9.17) is 30.8 Å². The van der Waals surface area contributed by atoms with Crippen LogP contribution in [0, 0.1) is 0 Å². The largest absolute Gasteiger partial charge is 0.496 e. The van der Waals surface area contributed by atoms with Crippen molar-refractivity contribution < 1.29 is 19.2 Å². The molecule has 0 amide bonds. The van der Waals surface area contributed by atoms with Crippen LogP contribution >= 0.6 is 11.6 Å². The third kappa shape index (κ3) is 3.54. The number of hydrogen-bond acceptors (Lipinski definition) is 4. The van der Waals surface area contributed by atoms with Crippen LogP contribution in [-0.2, 0) is 9.31 Å². The number of rotatable bonds is 5. The minimum absolute atomic E-state index is 0.109. The van der Waals surface area contributed by atoms with E-state index in [1.54, 1.807) is 12.1 Å². The molecule has 1 aromatic rings. The summed E-state index contributed by atoms with van der Waals surface area (Å²) < 4.78 is 17.6.